The van der Waals surface area contributed by atoms with E-state index in [1.165, 1.54) is 33.5 Å². The van der Waals surface area contributed by atoms with Crippen molar-refractivity contribution in [2.24, 2.45) is 11.8 Å². The van der Waals surface area contributed by atoms with Gasteiger partial charge in [0, 0.05) is 0 Å². The van der Waals surface area contributed by atoms with Gasteiger partial charge in [0.2, 0.25) is 0 Å². The molecule has 5 heteroatoms. The van der Waals surface area contributed by atoms with Crippen LogP contribution in [0.25, 0.3) is 0 Å². The summed E-state index contributed by atoms with van der Waals surface area (Å²) >= 11 is 0. The van der Waals surface area contributed by atoms with Gasteiger partial charge < -0.3 is 14.8 Å². The van der Waals surface area contributed by atoms with Gasteiger partial charge in [-0.2, -0.15) is 0 Å². The second-order valence-corrected chi connectivity index (χ2v) is 5.41. The zero-order chi connectivity index (χ0) is 14.8. The number of esters is 2. The molecule has 2 rings (SSSR count). The molecular formula is C15H27NO4. The van der Waals surface area contributed by atoms with Gasteiger partial charge in [0.15, 0.2) is 0 Å². The minimum Gasteiger partial charge on any atom is -0.469 e. The normalized spacial score (nSPS) is 20.5. The average Bonchev–Trinajstić information content (AvgIpc) is 2.55. The number of carbonyl (C=O) groups is 2. The van der Waals surface area contributed by atoms with Crippen molar-refractivity contribution in [3.8, 4) is 0 Å². The lowest BCUT2D eigenvalue weighted by molar-refractivity contribution is -0.147. The maximum Gasteiger partial charge on any atom is 0.308 e. The molecule has 116 valence electrons. The molecular weight excluding hydrogens is 258 g/mol. The summed E-state index contributed by atoms with van der Waals surface area (Å²) in [6.45, 7) is 1.89. The maximum absolute atomic E-state index is 10.9. The Morgan fingerprint density at radius 1 is 0.800 bits per heavy atom. The van der Waals surface area contributed by atoms with Crippen molar-refractivity contribution in [1.82, 2.24) is 5.32 Å². The van der Waals surface area contributed by atoms with Crippen molar-refractivity contribution in [3.63, 3.8) is 0 Å². The molecule has 0 aromatic heterocycles. The van der Waals surface area contributed by atoms with E-state index in [0.717, 1.165) is 38.8 Å². The highest BCUT2D eigenvalue weighted by Crippen LogP contribution is 2.24. The molecule has 1 N–H and O–H groups in total. The Labute approximate surface area is 121 Å². The number of nitrogens with one attached hydrogen (secondary N) is 1. The molecule has 0 radical (unpaired) electrons. The van der Waals surface area contributed by atoms with Crippen LogP contribution in [0.1, 0.15) is 44.9 Å². The first-order valence-corrected chi connectivity index (χ1v) is 7.55. The van der Waals surface area contributed by atoms with Gasteiger partial charge in [-0.25, -0.2) is 0 Å². The molecule has 0 amide bonds. The van der Waals surface area contributed by atoms with Crippen molar-refractivity contribution < 1.29 is 19.1 Å². The summed E-state index contributed by atoms with van der Waals surface area (Å²) in [4.78, 5) is 21.9. The third kappa shape index (κ3) is 5.90. The molecule has 1 saturated heterocycles. The fraction of sp³-hybridized carbons (Fsp3) is 0.867. The van der Waals surface area contributed by atoms with Crippen molar-refractivity contribution in [1.29, 1.82) is 0 Å². The molecule has 0 bridgehead atoms. The number of hydrogen-bond acceptors (Lipinski definition) is 5. The highest BCUT2D eigenvalue weighted by Gasteiger charge is 2.21. The molecule has 0 spiro atoms. The predicted molar refractivity (Wildman–Crippen MR) is 76.2 cm³/mol. The molecule has 0 aromatic carbocycles. The highest BCUT2D eigenvalue weighted by atomic mass is 16.5. The van der Waals surface area contributed by atoms with Crippen LogP contribution < -0.4 is 5.32 Å². The van der Waals surface area contributed by atoms with Crippen molar-refractivity contribution in [2.45, 2.75) is 44.9 Å². The number of piperidine rings is 1. The summed E-state index contributed by atoms with van der Waals surface area (Å²) in [5.74, 6) is 0.284. The smallest absolute Gasteiger partial charge is 0.308 e. The molecule has 2 aliphatic rings. The zero-order valence-corrected chi connectivity index (χ0v) is 12.7. The van der Waals surface area contributed by atoms with Crippen LogP contribution in [0, 0.1) is 11.8 Å². The Bertz CT molecular complexity index is 264. The maximum atomic E-state index is 10.9. The Kier molecular flexibility index (Phi) is 8.26. The van der Waals surface area contributed by atoms with Crippen LogP contribution in [0.15, 0.2) is 0 Å². The van der Waals surface area contributed by atoms with Crippen LogP contribution in [-0.2, 0) is 19.1 Å². The van der Waals surface area contributed by atoms with E-state index in [1.54, 1.807) is 0 Å². The summed E-state index contributed by atoms with van der Waals surface area (Å²) in [6.07, 6.45) is 7.59. The molecule has 20 heavy (non-hydrogen) atoms. The van der Waals surface area contributed by atoms with Gasteiger partial charge >= 0.3 is 11.9 Å². The van der Waals surface area contributed by atoms with Gasteiger partial charge in [0.25, 0.3) is 0 Å². The average molecular weight is 285 g/mol. The Balaban J connectivity index is 0.000000200. The van der Waals surface area contributed by atoms with E-state index in [9.17, 15) is 9.59 Å². The quantitative estimate of drug-likeness (QED) is 0.785. The SMILES string of the molecule is COC(=O)C1CCCCC1.COC(=O)C1CCNCC1. The lowest BCUT2D eigenvalue weighted by Crippen LogP contribution is -2.32. The number of carbonyl (C=O) groups excluding carboxylic acids is 2. The summed E-state index contributed by atoms with van der Waals surface area (Å²) in [5.41, 5.74) is 0. The van der Waals surface area contributed by atoms with E-state index in [0.29, 0.717) is 0 Å². The lowest BCUT2D eigenvalue weighted by Gasteiger charge is -2.19. The number of hydrogen-bond donors (Lipinski definition) is 1. The van der Waals surface area contributed by atoms with Gasteiger partial charge in [0.05, 0.1) is 26.1 Å². The van der Waals surface area contributed by atoms with E-state index >= 15 is 0 Å². The monoisotopic (exact) mass is 285 g/mol. The Morgan fingerprint density at radius 3 is 1.70 bits per heavy atom. The Hall–Kier alpha value is -1.10. The molecule has 2 fully saturated rings. The fourth-order valence-electron chi connectivity index (χ4n) is 2.73. The summed E-state index contributed by atoms with van der Waals surface area (Å²) in [5, 5.41) is 3.19. The summed E-state index contributed by atoms with van der Waals surface area (Å²) < 4.78 is 9.27. The van der Waals surface area contributed by atoms with Crippen LogP contribution in [-0.4, -0.2) is 39.2 Å². The standard InChI is InChI=1S/C8H14O2.C7H13NO2/c1-10-8(9)7-5-3-2-4-6-7;1-10-7(9)6-2-4-8-5-3-6/h7H,2-6H2,1H3;6,8H,2-5H2,1H3. The molecule has 0 unspecified atom stereocenters. The van der Waals surface area contributed by atoms with Gasteiger partial charge in [-0.3, -0.25) is 9.59 Å². The number of rotatable bonds is 2. The molecule has 1 heterocycles. The van der Waals surface area contributed by atoms with Crippen LogP contribution in [0.3, 0.4) is 0 Å². The van der Waals surface area contributed by atoms with E-state index in [4.69, 9.17) is 0 Å². The number of methoxy groups -OCH3 is 2. The largest absolute Gasteiger partial charge is 0.469 e. The van der Waals surface area contributed by atoms with Gasteiger partial charge in [-0.05, 0) is 38.8 Å². The summed E-state index contributed by atoms with van der Waals surface area (Å²) in [6, 6.07) is 0. The van der Waals surface area contributed by atoms with Crippen molar-refractivity contribution in [2.75, 3.05) is 27.3 Å². The van der Waals surface area contributed by atoms with E-state index in [1.807, 2.05) is 0 Å². The second-order valence-electron chi connectivity index (χ2n) is 5.41. The first kappa shape index (κ1) is 17.0. The first-order valence-electron chi connectivity index (χ1n) is 7.55. The molecule has 1 aliphatic carbocycles. The van der Waals surface area contributed by atoms with Crippen molar-refractivity contribution >= 4 is 11.9 Å². The Morgan fingerprint density at radius 2 is 1.25 bits per heavy atom. The van der Waals surface area contributed by atoms with Crippen LogP contribution in [0.5, 0.6) is 0 Å². The highest BCUT2D eigenvalue weighted by molar-refractivity contribution is 5.72. The van der Waals surface area contributed by atoms with Crippen LogP contribution in [0.2, 0.25) is 0 Å². The third-order valence-corrected chi connectivity index (χ3v) is 4.01. The minimum atomic E-state index is -0.0542. The van der Waals surface area contributed by atoms with Gasteiger partial charge in [0.1, 0.15) is 0 Å². The molecule has 5 nitrogen and oxygen atoms in total. The molecule has 0 atom stereocenters. The third-order valence-electron chi connectivity index (χ3n) is 4.01. The van der Waals surface area contributed by atoms with E-state index in [2.05, 4.69) is 14.8 Å². The second kappa shape index (κ2) is 9.75. The predicted octanol–water partition coefficient (Wildman–Crippen LogP) is 1.90. The minimum absolute atomic E-state index is 0.0142. The van der Waals surface area contributed by atoms with Crippen molar-refractivity contribution in [3.05, 3.63) is 0 Å². The fourth-order valence-corrected chi connectivity index (χ4v) is 2.73. The number of ether oxygens (including phenoxy) is 2. The molecule has 1 saturated carbocycles. The summed E-state index contributed by atoms with van der Waals surface area (Å²) in [7, 11) is 2.92. The van der Waals surface area contributed by atoms with Gasteiger partial charge in [-0.1, -0.05) is 19.3 Å². The lowest BCUT2D eigenvalue weighted by atomic mass is 9.89. The molecule has 1 aliphatic heterocycles. The van der Waals surface area contributed by atoms with Gasteiger partial charge in [-0.15, -0.1) is 0 Å². The van der Waals surface area contributed by atoms with Crippen LogP contribution >= 0.6 is 0 Å². The first-order chi connectivity index (χ1) is 9.69. The van der Waals surface area contributed by atoms with Crippen LogP contribution in [0.4, 0.5) is 0 Å². The molecule has 0 aromatic rings. The topological polar surface area (TPSA) is 64.6 Å². The van der Waals surface area contributed by atoms with E-state index in [-0.39, 0.29) is 23.8 Å². The van der Waals surface area contributed by atoms with E-state index < -0.39 is 0 Å². The zero-order valence-electron chi connectivity index (χ0n) is 12.7.